The molecule has 0 aliphatic carbocycles. The number of amides is 1. The van der Waals surface area contributed by atoms with Gasteiger partial charge in [0.2, 0.25) is 5.91 Å². The van der Waals surface area contributed by atoms with E-state index in [1.54, 1.807) is 10.9 Å². The molecule has 2 aromatic heterocycles. The number of benzene rings is 2. The van der Waals surface area contributed by atoms with Gasteiger partial charge in [-0.2, -0.15) is 0 Å². The van der Waals surface area contributed by atoms with Crippen molar-refractivity contribution in [1.82, 2.24) is 24.0 Å². The predicted octanol–water partition coefficient (Wildman–Crippen LogP) is 2.37. The van der Waals surface area contributed by atoms with Crippen molar-refractivity contribution >= 4 is 17.1 Å². The number of imidazole rings is 1. The second-order valence-electron chi connectivity index (χ2n) is 7.98. The Balaban J connectivity index is 1.81. The summed E-state index contributed by atoms with van der Waals surface area (Å²) in [4.78, 5) is 43.6. The van der Waals surface area contributed by atoms with E-state index < -0.39 is 11.2 Å². The second-order valence-corrected chi connectivity index (χ2v) is 7.98. The molecule has 0 saturated heterocycles. The van der Waals surface area contributed by atoms with E-state index in [1.807, 2.05) is 67.6 Å². The van der Waals surface area contributed by atoms with Gasteiger partial charge in [-0.05, 0) is 17.5 Å². The van der Waals surface area contributed by atoms with E-state index in [0.29, 0.717) is 24.3 Å². The van der Waals surface area contributed by atoms with Crippen molar-refractivity contribution in [2.24, 2.45) is 0 Å². The molecule has 8 nitrogen and oxygen atoms in total. The van der Waals surface area contributed by atoms with Gasteiger partial charge in [0.05, 0.1) is 12.9 Å². The summed E-state index contributed by atoms with van der Waals surface area (Å²) in [6, 6.07) is 19.2. The summed E-state index contributed by atoms with van der Waals surface area (Å²) in [6.45, 7) is 2.88. The fraction of sp³-hybridized carbons (Fsp3) is 0.280. The van der Waals surface area contributed by atoms with Gasteiger partial charge in [-0.3, -0.25) is 14.2 Å². The van der Waals surface area contributed by atoms with Crippen LogP contribution in [0.5, 0.6) is 0 Å². The van der Waals surface area contributed by atoms with Gasteiger partial charge in [0.15, 0.2) is 11.2 Å². The van der Waals surface area contributed by atoms with E-state index in [9.17, 15) is 14.4 Å². The number of carbonyl (C=O) groups is 1. The van der Waals surface area contributed by atoms with Crippen LogP contribution in [0.25, 0.3) is 11.2 Å². The van der Waals surface area contributed by atoms with Crippen molar-refractivity contribution in [2.75, 3.05) is 6.54 Å². The first-order chi connectivity index (χ1) is 16.1. The van der Waals surface area contributed by atoms with Gasteiger partial charge in [-0.25, -0.2) is 14.3 Å². The van der Waals surface area contributed by atoms with E-state index in [1.165, 1.54) is 4.57 Å². The molecule has 0 aliphatic heterocycles. The molecule has 2 heterocycles. The molecule has 0 spiro atoms. The summed E-state index contributed by atoms with van der Waals surface area (Å²) in [6.07, 6.45) is 3.35. The maximum atomic E-state index is 13.4. The number of nitrogens with one attached hydrogen (secondary N) is 1. The fourth-order valence-corrected chi connectivity index (χ4v) is 3.79. The minimum Gasteiger partial charge on any atom is -0.355 e. The number of carbonyl (C=O) groups excluding carboxylic acids is 1. The number of nitrogens with zero attached hydrogens (tertiary/aromatic N) is 4. The van der Waals surface area contributed by atoms with Crippen molar-refractivity contribution in [2.45, 2.75) is 39.4 Å². The minimum atomic E-state index is -0.549. The van der Waals surface area contributed by atoms with Gasteiger partial charge in [0.1, 0.15) is 6.54 Å². The van der Waals surface area contributed by atoms with Gasteiger partial charge in [-0.1, -0.05) is 74.0 Å². The molecule has 8 heteroatoms. The molecule has 0 atom stereocenters. The van der Waals surface area contributed by atoms with Gasteiger partial charge >= 0.3 is 5.69 Å². The monoisotopic (exact) mass is 445 g/mol. The second kappa shape index (κ2) is 10.1. The van der Waals surface area contributed by atoms with Crippen LogP contribution in [-0.2, 0) is 24.4 Å². The average Bonchev–Trinajstić information content (AvgIpc) is 3.24. The SMILES string of the molecule is CCCCNC(=O)Cn1c(=O)c2c(ncn2Cc2ccccc2)n(Cc2ccccc2)c1=O. The van der Waals surface area contributed by atoms with Gasteiger partial charge in [0, 0.05) is 13.1 Å². The molecule has 0 unspecified atom stereocenters. The van der Waals surface area contributed by atoms with E-state index in [-0.39, 0.29) is 19.0 Å². The predicted molar refractivity (Wildman–Crippen MR) is 127 cm³/mol. The third-order valence-electron chi connectivity index (χ3n) is 5.52. The molecule has 1 amide bonds. The molecule has 0 saturated carbocycles. The fourth-order valence-electron chi connectivity index (χ4n) is 3.79. The van der Waals surface area contributed by atoms with Crippen LogP contribution >= 0.6 is 0 Å². The van der Waals surface area contributed by atoms with Crippen molar-refractivity contribution in [3.63, 3.8) is 0 Å². The number of rotatable bonds is 9. The number of hydrogen-bond donors (Lipinski definition) is 1. The first kappa shape index (κ1) is 22.3. The summed E-state index contributed by atoms with van der Waals surface area (Å²) in [5, 5.41) is 2.78. The van der Waals surface area contributed by atoms with Crippen LogP contribution in [0.4, 0.5) is 0 Å². The zero-order valence-corrected chi connectivity index (χ0v) is 18.6. The highest BCUT2D eigenvalue weighted by Gasteiger charge is 2.20. The molecule has 4 aromatic rings. The molecule has 0 aliphatic rings. The zero-order valence-electron chi connectivity index (χ0n) is 18.6. The van der Waals surface area contributed by atoms with Crippen molar-refractivity contribution < 1.29 is 4.79 Å². The number of hydrogen-bond acceptors (Lipinski definition) is 4. The van der Waals surface area contributed by atoms with Crippen LogP contribution in [0.1, 0.15) is 30.9 Å². The first-order valence-electron chi connectivity index (χ1n) is 11.1. The zero-order chi connectivity index (χ0) is 23.2. The summed E-state index contributed by atoms with van der Waals surface area (Å²) in [5.41, 5.74) is 1.45. The topological polar surface area (TPSA) is 90.9 Å². The maximum Gasteiger partial charge on any atom is 0.333 e. The summed E-state index contributed by atoms with van der Waals surface area (Å²) in [5.74, 6) is -0.359. The Labute approximate surface area is 191 Å². The van der Waals surface area contributed by atoms with Crippen molar-refractivity contribution in [3.8, 4) is 0 Å². The largest absolute Gasteiger partial charge is 0.355 e. The lowest BCUT2D eigenvalue weighted by molar-refractivity contribution is -0.121. The lowest BCUT2D eigenvalue weighted by atomic mass is 10.2. The van der Waals surface area contributed by atoms with E-state index >= 15 is 0 Å². The highest BCUT2D eigenvalue weighted by Crippen LogP contribution is 2.12. The number of unbranched alkanes of at least 4 members (excludes halogenated alkanes) is 1. The number of fused-ring (bicyclic) bond motifs is 1. The molecular weight excluding hydrogens is 418 g/mol. The lowest BCUT2D eigenvalue weighted by Crippen LogP contribution is -2.44. The standard InChI is InChI=1S/C25H27N5O3/c1-2-3-14-26-21(31)17-30-24(32)22-23(27-18-28(22)15-19-10-6-4-7-11-19)29(25(30)33)16-20-12-8-5-9-13-20/h4-13,18H,2-3,14-17H2,1H3,(H,26,31). The summed E-state index contributed by atoms with van der Waals surface area (Å²) in [7, 11) is 0. The normalized spacial score (nSPS) is 11.1. The van der Waals surface area contributed by atoms with Crippen LogP contribution in [0.3, 0.4) is 0 Å². The summed E-state index contributed by atoms with van der Waals surface area (Å²) < 4.78 is 4.21. The average molecular weight is 446 g/mol. The van der Waals surface area contributed by atoms with Crippen molar-refractivity contribution in [3.05, 3.63) is 99.0 Å². The van der Waals surface area contributed by atoms with Gasteiger partial charge in [0.25, 0.3) is 5.56 Å². The molecule has 1 N–H and O–H groups in total. The van der Waals surface area contributed by atoms with Crippen LogP contribution < -0.4 is 16.6 Å². The highest BCUT2D eigenvalue weighted by molar-refractivity contribution is 5.76. The van der Waals surface area contributed by atoms with Crippen LogP contribution in [0, 0.1) is 0 Å². The van der Waals surface area contributed by atoms with Crippen LogP contribution in [-0.4, -0.2) is 31.1 Å². The van der Waals surface area contributed by atoms with Gasteiger partial charge < -0.3 is 9.88 Å². The highest BCUT2D eigenvalue weighted by atomic mass is 16.2. The number of aromatic nitrogens is 4. The third-order valence-corrected chi connectivity index (χ3v) is 5.52. The van der Waals surface area contributed by atoms with Crippen molar-refractivity contribution in [1.29, 1.82) is 0 Å². The Morgan fingerprint density at radius 2 is 1.55 bits per heavy atom. The van der Waals surface area contributed by atoms with Crippen LogP contribution in [0.2, 0.25) is 0 Å². The summed E-state index contributed by atoms with van der Waals surface area (Å²) >= 11 is 0. The molecule has 0 bridgehead atoms. The lowest BCUT2D eigenvalue weighted by Gasteiger charge is -2.13. The Bertz CT molecular complexity index is 1350. The Hall–Kier alpha value is -3.94. The minimum absolute atomic E-state index is 0.246. The van der Waals surface area contributed by atoms with Gasteiger partial charge in [-0.15, -0.1) is 0 Å². The molecule has 0 radical (unpaired) electrons. The van der Waals surface area contributed by atoms with E-state index in [0.717, 1.165) is 28.5 Å². The third kappa shape index (κ3) is 4.95. The van der Waals surface area contributed by atoms with E-state index in [2.05, 4.69) is 10.3 Å². The maximum absolute atomic E-state index is 13.4. The molecule has 0 fully saturated rings. The molecule has 4 rings (SSSR count). The Kier molecular flexibility index (Phi) is 6.83. The first-order valence-corrected chi connectivity index (χ1v) is 11.1. The Morgan fingerprint density at radius 1 is 0.909 bits per heavy atom. The molecular formula is C25H27N5O3. The molecule has 2 aromatic carbocycles. The Morgan fingerprint density at radius 3 is 2.18 bits per heavy atom. The van der Waals surface area contributed by atoms with Crippen LogP contribution in [0.15, 0.2) is 76.6 Å². The quantitative estimate of drug-likeness (QED) is 0.401. The smallest absolute Gasteiger partial charge is 0.333 e. The molecule has 33 heavy (non-hydrogen) atoms. The van der Waals surface area contributed by atoms with E-state index in [4.69, 9.17) is 0 Å². The molecule has 170 valence electrons.